The van der Waals surface area contributed by atoms with Crippen molar-refractivity contribution in [3.63, 3.8) is 0 Å². The van der Waals surface area contributed by atoms with Crippen molar-refractivity contribution in [1.82, 2.24) is 5.32 Å². The molecule has 0 radical (unpaired) electrons. The zero-order valence-electron chi connectivity index (χ0n) is 11.8. The van der Waals surface area contributed by atoms with Crippen LogP contribution in [0.2, 0.25) is 0 Å². The van der Waals surface area contributed by atoms with E-state index in [2.05, 4.69) is 37.4 Å². The molecule has 1 aliphatic heterocycles. The van der Waals surface area contributed by atoms with Gasteiger partial charge in [-0.1, -0.05) is 38.5 Å². The SMILES string of the molecule is COc1c(CC2CCCCN2)cccc1C(C)C. The van der Waals surface area contributed by atoms with Gasteiger partial charge in [0.2, 0.25) is 0 Å². The molecule has 18 heavy (non-hydrogen) atoms. The molecular formula is C16H25NO. The molecule has 2 rings (SSSR count). The average Bonchev–Trinajstić information content (AvgIpc) is 2.39. The monoisotopic (exact) mass is 247 g/mol. The number of para-hydroxylation sites is 1. The Labute approximate surface area is 111 Å². The summed E-state index contributed by atoms with van der Waals surface area (Å²) in [4.78, 5) is 0. The molecule has 1 fully saturated rings. The molecule has 1 aromatic carbocycles. The van der Waals surface area contributed by atoms with E-state index < -0.39 is 0 Å². The van der Waals surface area contributed by atoms with Gasteiger partial charge in [-0.3, -0.25) is 0 Å². The second-order valence-electron chi connectivity index (χ2n) is 5.55. The van der Waals surface area contributed by atoms with E-state index in [1.54, 1.807) is 7.11 Å². The predicted octanol–water partition coefficient (Wildman–Crippen LogP) is 3.50. The van der Waals surface area contributed by atoms with Crippen LogP contribution in [0.15, 0.2) is 18.2 Å². The second kappa shape index (κ2) is 6.24. The molecule has 1 unspecified atom stereocenters. The first-order valence-electron chi connectivity index (χ1n) is 7.11. The summed E-state index contributed by atoms with van der Waals surface area (Å²) in [6.45, 7) is 5.61. The Balaban J connectivity index is 2.18. The zero-order valence-corrected chi connectivity index (χ0v) is 11.8. The highest BCUT2D eigenvalue weighted by Gasteiger charge is 2.17. The third-order valence-electron chi connectivity index (χ3n) is 3.83. The quantitative estimate of drug-likeness (QED) is 0.879. The third-order valence-corrected chi connectivity index (χ3v) is 3.83. The van der Waals surface area contributed by atoms with E-state index in [0.717, 1.165) is 18.7 Å². The van der Waals surface area contributed by atoms with Gasteiger partial charge in [0, 0.05) is 6.04 Å². The van der Waals surface area contributed by atoms with Crippen LogP contribution in [-0.4, -0.2) is 19.7 Å². The minimum absolute atomic E-state index is 0.513. The van der Waals surface area contributed by atoms with Gasteiger partial charge in [0.05, 0.1) is 7.11 Å². The van der Waals surface area contributed by atoms with Crippen molar-refractivity contribution in [2.24, 2.45) is 0 Å². The lowest BCUT2D eigenvalue weighted by Gasteiger charge is -2.25. The van der Waals surface area contributed by atoms with E-state index in [1.165, 1.54) is 30.4 Å². The molecule has 1 saturated heterocycles. The Kier molecular flexibility index (Phi) is 4.65. The van der Waals surface area contributed by atoms with Gasteiger partial charge < -0.3 is 10.1 Å². The lowest BCUT2D eigenvalue weighted by atomic mass is 9.93. The van der Waals surface area contributed by atoms with Crippen LogP contribution in [0, 0.1) is 0 Å². The number of benzene rings is 1. The van der Waals surface area contributed by atoms with Gasteiger partial charge in [-0.25, -0.2) is 0 Å². The molecule has 1 N–H and O–H groups in total. The second-order valence-corrected chi connectivity index (χ2v) is 5.55. The van der Waals surface area contributed by atoms with Crippen molar-refractivity contribution >= 4 is 0 Å². The van der Waals surface area contributed by atoms with E-state index in [1.807, 2.05) is 0 Å². The molecular weight excluding hydrogens is 222 g/mol. The predicted molar refractivity (Wildman–Crippen MR) is 76.4 cm³/mol. The summed E-state index contributed by atoms with van der Waals surface area (Å²) in [5.41, 5.74) is 2.67. The zero-order chi connectivity index (χ0) is 13.0. The van der Waals surface area contributed by atoms with Crippen LogP contribution < -0.4 is 10.1 Å². The molecule has 100 valence electrons. The molecule has 0 aliphatic carbocycles. The van der Waals surface area contributed by atoms with Gasteiger partial charge in [0.15, 0.2) is 0 Å². The van der Waals surface area contributed by atoms with E-state index >= 15 is 0 Å². The minimum Gasteiger partial charge on any atom is -0.496 e. The molecule has 2 heteroatoms. The Bertz CT molecular complexity index is 381. The fraction of sp³-hybridized carbons (Fsp3) is 0.625. The van der Waals surface area contributed by atoms with E-state index in [-0.39, 0.29) is 0 Å². The highest BCUT2D eigenvalue weighted by atomic mass is 16.5. The van der Waals surface area contributed by atoms with Crippen molar-refractivity contribution < 1.29 is 4.74 Å². The number of methoxy groups -OCH3 is 1. The summed E-state index contributed by atoms with van der Waals surface area (Å²) in [6.07, 6.45) is 5.04. The van der Waals surface area contributed by atoms with Gasteiger partial charge in [-0.15, -0.1) is 0 Å². The van der Waals surface area contributed by atoms with E-state index in [9.17, 15) is 0 Å². The summed E-state index contributed by atoms with van der Waals surface area (Å²) in [5, 5.41) is 3.61. The number of ether oxygens (including phenoxy) is 1. The molecule has 1 heterocycles. The summed E-state index contributed by atoms with van der Waals surface area (Å²) in [5.74, 6) is 1.61. The first-order valence-corrected chi connectivity index (χ1v) is 7.11. The van der Waals surface area contributed by atoms with Crippen LogP contribution in [0.25, 0.3) is 0 Å². The van der Waals surface area contributed by atoms with Crippen LogP contribution in [0.3, 0.4) is 0 Å². The maximum atomic E-state index is 5.65. The fourth-order valence-corrected chi connectivity index (χ4v) is 2.83. The summed E-state index contributed by atoms with van der Waals surface area (Å²) in [6, 6.07) is 7.17. The number of rotatable bonds is 4. The van der Waals surface area contributed by atoms with Crippen LogP contribution in [0.4, 0.5) is 0 Å². The van der Waals surface area contributed by atoms with Gasteiger partial charge >= 0.3 is 0 Å². The standard InChI is InChI=1S/C16H25NO/c1-12(2)15-9-6-7-13(16(15)18-3)11-14-8-4-5-10-17-14/h6-7,9,12,14,17H,4-5,8,10-11H2,1-3H3. The van der Waals surface area contributed by atoms with Crippen molar-refractivity contribution in [3.8, 4) is 5.75 Å². The van der Waals surface area contributed by atoms with Crippen LogP contribution in [0.1, 0.15) is 50.2 Å². The number of hydrogen-bond donors (Lipinski definition) is 1. The van der Waals surface area contributed by atoms with E-state index in [0.29, 0.717) is 12.0 Å². The number of piperidine rings is 1. The smallest absolute Gasteiger partial charge is 0.125 e. The molecule has 1 atom stereocenters. The van der Waals surface area contributed by atoms with Gasteiger partial charge in [-0.05, 0) is 42.9 Å². The topological polar surface area (TPSA) is 21.3 Å². The molecule has 0 saturated carbocycles. The van der Waals surface area contributed by atoms with Crippen molar-refractivity contribution in [3.05, 3.63) is 29.3 Å². The molecule has 0 aromatic heterocycles. The first kappa shape index (κ1) is 13.4. The Morgan fingerprint density at radius 1 is 1.33 bits per heavy atom. The summed E-state index contributed by atoms with van der Waals surface area (Å²) < 4.78 is 5.65. The summed E-state index contributed by atoms with van der Waals surface area (Å²) >= 11 is 0. The Morgan fingerprint density at radius 3 is 2.78 bits per heavy atom. The first-order chi connectivity index (χ1) is 8.72. The van der Waals surface area contributed by atoms with Gasteiger partial charge in [-0.2, -0.15) is 0 Å². The maximum Gasteiger partial charge on any atom is 0.125 e. The Morgan fingerprint density at radius 2 is 2.17 bits per heavy atom. The van der Waals surface area contributed by atoms with Gasteiger partial charge in [0.1, 0.15) is 5.75 Å². The third kappa shape index (κ3) is 3.05. The molecule has 0 bridgehead atoms. The molecule has 1 aliphatic rings. The average molecular weight is 247 g/mol. The number of hydrogen-bond acceptors (Lipinski definition) is 2. The minimum atomic E-state index is 0.513. The van der Waals surface area contributed by atoms with Crippen molar-refractivity contribution in [2.75, 3.05) is 13.7 Å². The highest BCUT2D eigenvalue weighted by Crippen LogP contribution is 2.31. The highest BCUT2D eigenvalue weighted by molar-refractivity contribution is 5.43. The lowest BCUT2D eigenvalue weighted by Crippen LogP contribution is -2.35. The number of nitrogens with one attached hydrogen (secondary N) is 1. The largest absolute Gasteiger partial charge is 0.496 e. The van der Waals surface area contributed by atoms with Crippen LogP contribution in [-0.2, 0) is 6.42 Å². The van der Waals surface area contributed by atoms with E-state index in [4.69, 9.17) is 4.74 Å². The fourth-order valence-electron chi connectivity index (χ4n) is 2.83. The maximum absolute atomic E-state index is 5.65. The molecule has 0 amide bonds. The molecule has 0 spiro atoms. The van der Waals surface area contributed by atoms with Crippen LogP contribution >= 0.6 is 0 Å². The summed E-state index contributed by atoms with van der Waals surface area (Å²) in [7, 11) is 1.79. The lowest BCUT2D eigenvalue weighted by molar-refractivity contribution is 0.378. The Hall–Kier alpha value is -1.02. The van der Waals surface area contributed by atoms with Gasteiger partial charge in [0.25, 0.3) is 0 Å². The normalized spacial score (nSPS) is 20.1. The van der Waals surface area contributed by atoms with Crippen molar-refractivity contribution in [1.29, 1.82) is 0 Å². The molecule has 2 nitrogen and oxygen atoms in total. The molecule has 1 aromatic rings. The van der Waals surface area contributed by atoms with Crippen LogP contribution in [0.5, 0.6) is 5.75 Å². The van der Waals surface area contributed by atoms with Crippen molar-refractivity contribution in [2.45, 2.75) is 51.5 Å².